The van der Waals surface area contributed by atoms with Gasteiger partial charge < -0.3 is 15.7 Å². The van der Waals surface area contributed by atoms with Crippen LogP contribution >= 0.6 is 23.1 Å². The van der Waals surface area contributed by atoms with E-state index in [2.05, 4.69) is 23.6 Å². The smallest absolute Gasteiger partial charge is 0.303 e. The molecule has 2 amide bonds. The molecule has 2 aromatic carbocycles. The topological polar surface area (TPSA) is 119 Å². The number of rotatable bonds is 9. The standard InChI is InChI=1S/C28H27N3O4S2/c1-17-10-11-21-22(16-29)28(37-23(21)14-17)31-27(35)26(18-6-3-2-4-7-18)36-20-9-5-8-19(15-20)30-24(32)12-13-25(33)34/h2-9,15,17,26H,10-14H2,1H3,(H,30,32)(H,31,35)(H,33,34). The van der Waals surface area contributed by atoms with Crippen molar-refractivity contribution in [3.8, 4) is 6.07 Å². The molecule has 2 unspecified atom stereocenters. The number of fused-ring (bicyclic) bond motifs is 1. The van der Waals surface area contributed by atoms with Crippen molar-refractivity contribution in [3.05, 3.63) is 76.2 Å². The highest BCUT2D eigenvalue weighted by Crippen LogP contribution is 2.41. The van der Waals surface area contributed by atoms with Crippen LogP contribution in [0.25, 0.3) is 0 Å². The molecule has 7 nitrogen and oxygen atoms in total. The second-order valence-electron chi connectivity index (χ2n) is 9.04. The highest BCUT2D eigenvalue weighted by atomic mass is 32.2. The largest absolute Gasteiger partial charge is 0.481 e. The SMILES string of the molecule is CC1CCc2c(sc(NC(=O)C(Sc3cccc(NC(=O)CCC(=O)O)c3)c3ccccc3)c2C#N)C1. The van der Waals surface area contributed by atoms with Crippen LogP contribution in [0.5, 0.6) is 0 Å². The van der Waals surface area contributed by atoms with Gasteiger partial charge in [0.15, 0.2) is 0 Å². The quantitative estimate of drug-likeness (QED) is 0.289. The zero-order valence-corrected chi connectivity index (χ0v) is 22.0. The highest BCUT2D eigenvalue weighted by molar-refractivity contribution is 8.00. The van der Waals surface area contributed by atoms with Crippen molar-refractivity contribution in [2.24, 2.45) is 5.92 Å². The molecule has 3 N–H and O–H groups in total. The van der Waals surface area contributed by atoms with Gasteiger partial charge in [0, 0.05) is 21.9 Å². The number of carbonyl (C=O) groups is 3. The Hall–Kier alpha value is -3.61. The van der Waals surface area contributed by atoms with E-state index >= 15 is 0 Å². The Bertz CT molecular complexity index is 1350. The first-order chi connectivity index (χ1) is 17.8. The number of amides is 2. The van der Waals surface area contributed by atoms with Gasteiger partial charge in [0.2, 0.25) is 11.8 Å². The van der Waals surface area contributed by atoms with Gasteiger partial charge in [-0.1, -0.05) is 43.3 Å². The summed E-state index contributed by atoms with van der Waals surface area (Å²) in [6.07, 6.45) is 2.45. The molecule has 3 aromatic rings. The van der Waals surface area contributed by atoms with Crippen LogP contribution < -0.4 is 10.6 Å². The summed E-state index contributed by atoms with van der Waals surface area (Å²) in [7, 11) is 0. The van der Waals surface area contributed by atoms with Crippen molar-refractivity contribution >= 4 is 51.6 Å². The Labute approximate surface area is 223 Å². The fourth-order valence-corrected chi connectivity index (χ4v) is 6.71. The summed E-state index contributed by atoms with van der Waals surface area (Å²) in [6, 6.07) is 18.8. The van der Waals surface area contributed by atoms with E-state index in [4.69, 9.17) is 5.11 Å². The van der Waals surface area contributed by atoms with Crippen LogP contribution in [0.1, 0.15) is 53.0 Å². The Morgan fingerprint density at radius 1 is 1.14 bits per heavy atom. The van der Waals surface area contributed by atoms with E-state index in [1.165, 1.54) is 28.0 Å². The van der Waals surface area contributed by atoms with Crippen LogP contribution in [0, 0.1) is 17.2 Å². The summed E-state index contributed by atoms with van der Waals surface area (Å²) in [5.74, 6) is -1.08. The van der Waals surface area contributed by atoms with Gasteiger partial charge in [-0.3, -0.25) is 14.4 Å². The summed E-state index contributed by atoms with van der Waals surface area (Å²) >= 11 is 2.84. The predicted octanol–water partition coefficient (Wildman–Crippen LogP) is 6.02. The highest BCUT2D eigenvalue weighted by Gasteiger charge is 2.28. The van der Waals surface area contributed by atoms with Gasteiger partial charge in [-0.2, -0.15) is 5.26 Å². The lowest BCUT2D eigenvalue weighted by Crippen LogP contribution is -2.19. The number of benzene rings is 2. The lowest BCUT2D eigenvalue weighted by molar-refractivity contribution is -0.138. The molecule has 1 heterocycles. The fraction of sp³-hybridized carbons (Fsp3) is 0.286. The second kappa shape index (κ2) is 12.1. The molecule has 9 heteroatoms. The minimum atomic E-state index is -1.03. The van der Waals surface area contributed by atoms with Crippen molar-refractivity contribution < 1.29 is 19.5 Å². The van der Waals surface area contributed by atoms with Crippen LogP contribution in [-0.2, 0) is 27.2 Å². The Balaban J connectivity index is 1.55. The molecule has 190 valence electrons. The first kappa shape index (κ1) is 26.5. The number of hydrogen-bond donors (Lipinski definition) is 3. The van der Waals surface area contributed by atoms with Gasteiger partial charge in [-0.05, 0) is 54.5 Å². The second-order valence-corrected chi connectivity index (χ2v) is 11.3. The molecular formula is C28H27N3O4S2. The van der Waals surface area contributed by atoms with Crippen LogP contribution in [0.15, 0.2) is 59.5 Å². The molecule has 1 aliphatic carbocycles. The van der Waals surface area contributed by atoms with Crippen LogP contribution in [-0.4, -0.2) is 22.9 Å². The summed E-state index contributed by atoms with van der Waals surface area (Å²) in [6.45, 7) is 2.21. The fourth-order valence-electron chi connectivity index (χ4n) is 4.26. The number of carbonyl (C=O) groups excluding carboxylic acids is 2. The average molecular weight is 534 g/mol. The third kappa shape index (κ3) is 6.79. The average Bonchev–Trinajstić information content (AvgIpc) is 3.22. The monoisotopic (exact) mass is 533 g/mol. The Morgan fingerprint density at radius 2 is 1.92 bits per heavy atom. The van der Waals surface area contributed by atoms with Crippen LogP contribution in [0.3, 0.4) is 0 Å². The molecule has 0 saturated carbocycles. The number of aliphatic carboxylic acids is 1. The van der Waals surface area contributed by atoms with Crippen molar-refractivity contribution in [1.82, 2.24) is 0 Å². The van der Waals surface area contributed by atoms with Gasteiger partial charge in [0.05, 0.1) is 12.0 Å². The van der Waals surface area contributed by atoms with E-state index in [-0.39, 0.29) is 24.7 Å². The third-order valence-electron chi connectivity index (χ3n) is 6.14. The maximum Gasteiger partial charge on any atom is 0.303 e. The zero-order valence-electron chi connectivity index (χ0n) is 20.3. The number of anilines is 2. The van der Waals surface area contributed by atoms with Crippen molar-refractivity contribution in [2.75, 3.05) is 10.6 Å². The van der Waals surface area contributed by atoms with E-state index < -0.39 is 11.2 Å². The maximum absolute atomic E-state index is 13.6. The molecule has 1 aliphatic rings. The molecule has 0 bridgehead atoms. The molecule has 0 fully saturated rings. The van der Waals surface area contributed by atoms with E-state index in [1.807, 2.05) is 36.4 Å². The summed E-state index contributed by atoms with van der Waals surface area (Å²) in [4.78, 5) is 38.4. The lowest BCUT2D eigenvalue weighted by Gasteiger charge is -2.17. The van der Waals surface area contributed by atoms with Gasteiger partial charge in [0.25, 0.3) is 0 Å². The lowest BCUT2D eigenvalue weighted by atomic mass is 9.88. The third-order valence-corrected chi connectivity index (χ3v) is 8.56. The first-order valence-electron chi connectivity index (χ1n) is 12.0. The summed E-state index contributed by atoms with van der Waals surface area (Å²) < 4.78 is 0. The summed E-state index contributed by atoms with van der Waals surface area (Å²) in [5.41, 5.74) is 2.98. The minimum absolute atomic E-state index is 0.119. The van der Waals surface area contributed by atoms with E-state index in [9.17, 15) is 19.6 Å². The Kier molecular flexibility index (Phi) is 8.64. The van der Waals surface area contributed by atoms with Gasteiger partial charge in [-0.15, -0.1) is 23.1 Å². The molecule has 0 saturated heterocycles. The molecule has 0 aliphatic heterocycles. The van der Waals surface area contributed by atoms with Crippen molar-refractivity contribution in [3.63, 3.8) is 0 Å². The molecular weight excluding hydrogens is 506 g/mol. The summed E-state index contributed by atoms with van der Waals surface area (Å²) in [5, 5.41) is 24.4. The number of carboxylic acid groups (broad SMARTS) is 1. The number of hydrogen-bond acceptors (Lipinski definition) is 6. The number of carboxylic acids is 1. The Morgan fingerprint density at radius 3 is 2.65 bits per heavy atom. The maximum atomic E-state index is 13.6. The molecule has 0 spiro atoms. The van der Waals surface area contributed by atoms with E-state index in [0.717, 1.165) is 35.3 Å². The van der Waals surface area contributed by atoms with Crippen LogP contribution in [0.2, 0.25) is 0 Å². The number of nitriles is 1. The molecule has 1 aromatic heterocycles. The van der Waals surface area contributed by atoms with Gasteiger partial charge in [0.1, 0.15) is 16.3 Å². The zero-order chi connectivity index (χ0) is 26.4. The predicted molar refractivity (Wildman–Crippen MR) is 146 cm³/mol. The first-order valence-corrected chi connectivity index (χ1v) is 13.7. The van der Waals surface area contributed by atoms with Crippen molar-refractivity contribution in [1.29, 1.82) is 5.26 Å². The van der Waals surface area contributed by atoms with Crippen molar-refractivity contribution in [2.45, 2.75) is 49.2 Å². The van der Waals surface area contributed by atoms with Crippen LogP contribution in [0.4, 0.5) is 10.7 Å². The van der Waals surface area contributed by atoms with Gasteiger partial charge in [-0.25, -0.2) is 0 Å². The number of nitrogens with zero attached hydrogens (tertiary/aromatic N) is 1. The molecule has 0 radical (unpaired) electrons. The van der Waals surface area contributed by atoms with Gasteiger partial charge >= 0.3 is 5.97 Å². The molecule has 2 atom stereocenters. The van der Waals surface area contributed by atoms with E-state index in [0.29, 0.717) is 22.2 Å². The number of nitrogens with one attached hydrogen (secondary N) is 2. The molecule has 37 heavy (non-hydrogen) atoms. The van der Waals surface area contributed by atoms with E-state index in [1.54, 1.807) is 18.2 Å². The normalized spacial score (nSPS) is 15.2. The molecule has 4 rings (SSSR count). The minimum Gasteiger partial charge on any atom is -0.481 e. The number of thioether (sulfide) groups is 1. The number of thiophene rings is 1.